The lowest BCUT2D eigenvalue weighted by Crippen LogP contribution is -2.39. The first-order valence-electron chi connectivity index (χ1n) is 4.13. The van der Waals surface area contributed by atoms with Crippen LogP contribution in [-0.2, 0) is 9.59 Å². The molecule has 0 aromatic carbocycles. The van der Waals surface area contributed by atoms with E-state index in [4.69, 9.17) is 10.2 Å². The molecule has 0 rings (SSSR count). The molecule has 0 aliphatic carbocycles. The summed E-state index contributed by atoms with van der Waals surface area (Å²) in [5.41, 5.74) is 0. The summed E-state index contributed by atoms with van der Waals surface area (Å²) < 4.78 is 0. The van der Waals surface area contributed by atoms with Crippen LogP contribution in [-0.4, -0.2) is 34.7 Å². The molecule has 76 valence electrons. The maximum atomic E-state index is 11.1. The number of carbonyl (C=O) groups excluding carboxylic acids is 1. The molecule has 0 saturated heterocycles. The number of hydrogen-bond acceptors (Lipinski definition) is 3. The molecule has 0 bridgehead atoms. The molecule has 2 unspecified atom stereocenters. The van der Waals surface area contributed by atoms with Crippen LogP contribution in [0.1, 0.15) is 20.3 Å². The Morgan fingerprint density at radius 2 is 1.92 bits per heavy atom. The summed E-state index contributed by atoms with van der Waals surface area (Å²) in [6.07, 6.45) is 0.429. The largest absolute Gasteiger partial charge is 0.481 e. The van der Waals surface area contributed by atoms with Crippen LogP contribution in [0.4, 0.5) is 0 Å². The number of carbonyl (C=O) groups is 2. The fourth-order valence-electron chi connectivity index (χ4n) is 0.746. The molecule has 0 aromatic heterocycles. The van der Waals surface area contributed by atoms with E-state index < -0.39 is 17.8 Å². The van der Waals surface area contributed by atoms with Crippen LogP contribution in [0, 0.1) is 5.92 Å². The number of aliphatic carboxylic acids is 1. The molecule has 13 heavy (non-hydrogen) atoms. The van der Waals surface area contributed by atoms with Gasteiger partial charge in [0.05, 0.1) is 0 Å². The summed E-state index contributed by atoms with van der Waals surface area (Å²) in [5.74, 6) is -2.71. The maximum Gasteiger partial charge on any atom is 0.315 e. The third-order valence-corrected chi connectivity index (χ3v) is 1.71. The third kappa shape index (κ3) is 4.47. The highest BCUT2D eigenvalue weighted by molar-refractivity contribution is 5.96. The normalized spacial score (nSPS) is 14.7. The van der Waals surface area contributed by atoms with E-state index in [0.29, 0.717) is 6.42 Å². The van der Waals surface area contributed by atoms with E-state index >= 15 is 0 Å². The summed E-state index contributed by atoms with van der Waals surface area (Å²) in [5, 5.41) is 19.5. The SMILES string of the molecule is CC(CCO)NC(=O)C(C)C(=O)O. The van der Waals surface area contributed by atoms with Crippen molar-refractivity contribution >= 4 is 11.9 Å². The van der Waals surface area contributed by atoms with E-state index in [1.165, 1.54) is 6.92 Å². The molecule has 0 radical (unpaired) electrons. The smallest absolute Gasteiger partial charge is 0.315 e. The second kappa shape index (κ2) is 5.53. The molecule has 0 aromatic rings. The van der Waals surface area contributed by atoms with Crippen molar-refractivity contribution in [2.45, 2.75) is 26.3 Å². The lowest BCUT2D eigenvalue weighted by atomic mass is 10.1. The molecule has 1 amide bonds. The third-order valence-electron chi connectivity index (χ3n) is 1.71. The van der Waals surface area contributed by atoms with Crippen LogP contribution in [0.15, 0.2) is 0 Å². The number of hydrogen-bond donors (Lipinski definition) is 3. The van der Waals surface area contributed by atoms with E-state index in [9.17, 15) is 9.59 Å². The van der Waals surface area contributed by atoms with Crippen molar-refractivity contribution in [2.75, 3.05) is 6.61 Å². The first-order valence-corrected chi connectivity index (χ1v) is 4.13. The van der Waals surface area contributed by atoms with E-state index in [-0.39, 0.29) is 12.6 Å². The summed E-state index contributed by atoms with van der Waals surface area (Å²) in [4.78, 5) is 21.5. The Balaban J connectivity index is 3.92. The average Bonchev–Trinajstić information content (AvgIpc) is 2.03. The molecular formula is C8H15NO4. The van der Waals surface area contributed by atoms with Crippen LogP contribution in [0.25, 0.3) is 0 Å². The number of carboxylic acid groups (broad SMARTS) is 1. The molecule has 0 heterocycles. The standard InChI is InChI=1S/C8H15NO4/c1-5(3-4-10)9-7(11)6(2)8(12)13/h5-6,10H,3-4H2,1-2H3,(H,9,11)(H,12,13). The van der Waals surface area contributed by atoms with Gasteiger partial charge in [-0.2, -0.15) is 0 Å². The first kappa shape index (κ1) is 11.9. The molecule has 0 aliphatic heterocycles. The predicted octanol–water partition coefficient (Wildman–Crippen LogP) is -0.406. The Kier molecular flexibility index (Phi) is 5.06. The Morgan fingerprint density at radius 1 is 1.38 bits per heavy atom. The van der Waals surface area contributed by atoms with Crippen molar-refractivity contribution < 1.29 is 19.8 Å². The lowest BCUT2D eigenvalue weighted by Gasteiger charge is -2.14. The van der Waals surface area contributed by atoms with Crippen molar-refractivity contribution in [1.82, 2.24) is 5.32 Å². The summed E-state index contributed by atoms with van der Waals surface area (Å²) in [6.45, 7) is 3.01. The molecule has 5 nitrogen and oxygen atoms in total. The zero-order valence-corrected chi connectivity index (χ0v) is 7.78. The fourth-order valence-corrected chi connectivity index (χ4v) is 0.746. The molecule has 5 heteroatoms. The van der Waals surface area contributed by atoms with Gasteiger partial charge in [-0.1, -0.05) is 0 Å². The average molecular weight is 189 g/mol. The minimum Gasteiger partial charge on any atom is -0.481 e. The number of rotatable bonds is 5. The van der Waals surface area contributed by atoms with Crippen LogP contribution in [0.3, 0.4) is 0 Å². The van der Waals surface area contributed by atoms with Crippen molar-refractivity contribution in [3.8, 4) is 0 Å². The topological polar surface area (TPSA) is 86.6 Å². The van der Waals surface area contributed by atoms with Gasteiger partial charge >= 0.3 is 5.97 Å². The zero-order chi connectivity index (χ0) is 10.4. The highest BCUT2D eigenvalue weighted by Crippen LogP contribution is 1.97. The van der Waals surface area contributed by atoms with E-state index in [1.54, 1.807) is 6.92 Å². The van der Waals surface area contributed by atoms with Crippen molar-refractivity contribution in [3.63, 3.8) is 0 Å². The predicted molar refractivity (Wildman–Crippen MR) is 46.1 cm³/mol. The molecule has 2 atom stereocenters. The number of nitrogens with one attached hydrogen (secondary N) is 1. The van der Waals surface area contributed by atoms with Crippen molar-refractivity contribution in [3.05, 3.63) is 0 Å². The summed E-state index contributed by atoms with van der Waals surface area (Å²) in [6, 6.07) is -0.195. The molecule has 0 aliphatic rings. The van der Waals surface area contributed by atoms with Gasteiger partial charge in [0.1, 0.15) is 5.92 Å². The van der Waals surface area contributed by atoms with Crippen LogP contribution in [0.5, 0.6) is 0 Å². The van der Waals surface area contributed by atoms with E-state index in [2.05, 4.69) is 5.32 Å². The molecule has 0 saturated carbocycles. The zero-order valence-electron chi connectivity index (χ0n) is 7.78. The summed E-state index contributed by atoms with van der Waals surface area (Å²) in [7, 11) is 0. The van der Waals surface area contributed by atoms with Gasteiger partial charge < -0.3 is 15.5 Å². The lowest BCUT2D eigenvalue weighted by molar-refractivity contribution is -0.146. The van der Waals surface area contributed by atoms with Crippen molar-refractivity contribution in [2.24, 2.45) is 5.92 Å². The van der Waals surface area contributed by atoms with Gasteiger partial charge in [-0.25, -0.2) is 0 Å². The van der Waals surface area contributed by atoms with Gasteiger partial charge in [-0.15, -0.1) is 0 Å². The van der Waals surface area contributed by atoms with Crippen molar-refractivity contribution in [1.29, 1.82) is 0 Å². The van der Waals surface area contributed by atoms with E-state index in [1.807, 2.05) is 0 Å². The van der Waals surface area contributed by atoms with Gasteiger partial charge in [0, 0.05) is 12.6 Å². The fraction of sp³-hybridized carbons (Fsp3) is 0.750. The second-order valence-corrected chi connectivity index (χ2v) is 2.98. The van der Waals surface area contributed by atoms with Crippen LogP contribution < -0.4 is 5.32 Å². The number of amides is 1. The van der Waals surface area contributed by atoms with Gasteiger partial charge in [0.15, 0.2) is 0 Å². The minimum absolute atomic E-state index is 0.0249. The second-order valence-electron chi connectivity index (χ2n) is 2.98. The quantitative estimate of drug-likeness (QED) is 0.513. The van der Waals surface area contributed by atoms with Crippen LogP contribution >= 0.6 is 0 Å². The Bertz CT molecular complexity index is 193. The van der Waals surface area contributed by atoms with Crippen LogP contribution in [0.2, 0.25) is 0 Å². The summed E-state index contributed by atoms with van der Waals surface area (Å²) >= 11 is 0. The number of aliphatic hydroxyl groups excluding tert-OH is 1. The Labute approximate surface area is 76.8 Å². The Morgan fingerprint density at radius 3 is 2.31 bits per heavy atom. The molecule has 3 N–H and O–H groups in total. The van der Waals surface area contributed by atoms with E-state index in [0.717, 1.165) is 0 Å². The monoisotopic (exact) mass is 189 g/mol. The Hall–Kier alpha value is -1.10. The number of carboxylic acids is 1. The molecular weight excluding hydrogens is 174 g/mol. The van der Waals surface area contributed by atoms with Gasteiger partial charge in [0.2, 0.25) is 5.91 Å². The molecule has 0 fully saturated rings. The van der Waals surface area contributed by atoms with Gasteiger partial charge in [-0.05, 0) is 20.3 Å². The van der Waals surface area contributed by atoms with Gasteiger partial charge in [0.25, 0.3) is 0 Å². The minimum atomic E-state index is -1.14. The highest BCUT2D eigenvalue weighted by Gasteiger charge is 2.21. The highest BCUT2D eigenvalue weighted by atomic mass is 16.4. The van der Waals surface area contributed by atoms with Gasteiger partial charge in [-0.3, -0.25) is 9.59 Å². The number of aliphatic hydroxyl groups is 1. The maximum absolute atomic E-state index is 11.1. The first-order chi connectivity index (χ1) is 5.99. The molecule has 0 spiro atoms.